The van der Waals surface area contributed by atoms with Crippen LogP contribution >= 0.6 is 22.9 Å². The van der Waals surface area contributed by atoms with Crippen LogP contribution in [0.4, 0.5) is 22.0 Å². The molecule has 1 rings (SSSR count). The molecular weight excluding hydrogens is 360 g/mol. The van der Waals surface area contributed by atoms with Crippen molar-refractivity contribution >= 4 is 29.2 Å². The van der Waals surface area contributed by atoms with Crippen molar-refractivity contribution in [1.29, 1.82) is 0 Å². The van der Waals surface area contributed by atoms with E-state index in [9.17, 15) is 22.0 Å². The van der Waals surface area contributed by atoms with Crippen molar-refractivity contribution in [3.05, 3.63) is 0 Å². The molecule has 9 heteroatoms. The zero-order valence-electron chi connectivity index (χ0n) is 8.89. The number of alkyl halides is 5. The third-order valence-corrected chi connectivity index (χ3v) is 3.05. The van der Waals surface area contributed by atoms with E-state index in [2.05, 4.69) is 5.10 Å². The van der Waals surface area contributed by atoms with Gasteiger partial charge in [0.1, 0.15) is 6.34 Å². The Labute approximate surface area is 109 Å². The molecule has 1 unspecified atom stereocenters. The summed E-state index contributed by atoms with van der Waals surface area (Å²) in [5.74, 6) is -4.82. The van der Waals surface area contributed by atoms with Gasteiger partial charge in [-0.3, -0.25) is 8.12 Å². The van der Waals surface area contributed by atoms with Crippen molar-refractivity contribution in [2.24, 2.45) is 5.10 Å². The Kier molecular flexibility index (Phi) is 4.42. The van der Waals surface area contributed by atoms with Crippen molar-refractivity contribution in [2.75, 3.05) is 6.54 Å². The monoisotopic (exact) mass is 371 g/mol. The fraction of sp³-hybridized carbons (Fsp3) is 0.875. The number of hydrogen-bond donors (Lipinski definition) is 0. The molecule has 0 saturated heterocycles. The number of hydrazone groups is 1. The van der Waals surface area contributed by atoms with E-state index in [1.807, 2.05) is 6.92 Å². The third-order valence-electron chi connectivity index (χ3n) is 2.27. The van der Waals surface area contributed by atoms with Crippen molar-refractivity contribution in [1.82, 2.24) is 8.12 Å². The highest BCUT2D eigenvalue weighted by molar-refractivity contribution is 14.1. The van der Waals surface area contributed by atoms with Crippen LogP contribution in [-0.4, -0.2) is 39.3 Å². The molecule has 1 aliphatic heterocycles. The van der Waals surface area contributed by atoms with Gasteiger partial charge in [-0.05, 0) is 6.42 Å². The van der Waals surface area contributed by atoms with E-state index < -0.39 is 18.3 Å². The van der Waals surface area contributed by atoms with Gasteiger partial charge in [0.25, 0.3) is 0 Å². The number of nitrogens with zero attached hydrogens (tertiary/aromatic N) is 3. The summed E-state index contributed by atoms with van der Waals surface area (Å²) in [7, 11) is 0. The first-order valence-electron chi connectivity index (χ1n) is 4.91. The van der Waals surface area contributed by atoms with Gasteiger partial charge in [0, 0.05) is 6.54 Å². The summed E-state index contributed by atoms with van der Waals surface area (Å²) in [6.45, 7) is 1.89. The maximum Gasteiger partial charge on any atom is 0.457 e. The van der Waals surface area contributed by atoms with Crippen LogP contribution in [-0.2, 0) is 0 Å². The fourth-order valence-corrected chi connectivity index (χ4v) is 2.11. The molecular formula is C8H11F5IN3. The topological polar surface area (TPSA) is 18.8 Å². The molecule has 0 aromatic heterocycles. The summed E-state index contributed by atoms with van der Waals surface area (Å²) in [5.41, 5.74) is 0. The molecule has 100 valence electrons. The summed E-state index contributed by atoms with van der Waals surface area (Å²) >= 11 is 1.39. The molecule has 0 spiro atoms. The highest BCUT2D eigenvalue weighted by Gasteiger charge is 2.66. The van der Waals surface area contributed by atoms with Gasteiger partial charge in [-0.15, -0.1) is 0 Å². The van der Waals surface area contributed by atoms with Crippen molar-refractivity contribution in [3.63, 3.8) is 0 Å². The lowest BCUT2D eigenvalue weighted by Gasteiger charge is -2.34. The standard InChI is InChI=1S/C8H11F5IN3/c1-2-3-4-17-6(16(14)5-15-17)7(9,10)8(11,12)13/h5-6H,2-4H2,1H3. The molecule has 0 bridgehead atoms. The van der Waals surface area contributed by atoms with Gasteiger partial charge in [0.05, 0.1) is 22.9 Å². The molecule has 1 aliphatic rings. The number of rotatable bonds is 4. The first-order valence-corrected chi connectivity index (χ1v) is 5.87. The van der Waals surface area contributed by atoms with Gasteiger partial charge in [-0.25, -0.2) is 0 Å². The highest BCUT2D eigenvalue weighted by Crippen LogP contribution is 2.43. The SMILES string of the molecule is CCCCN1N=CN(I)C1C(F)(F)C(F)(F)F. The number of unbranched alkanes of at least 4 members (excludes halogenated alkanes) is 1. The van der Waals surface area contributed by atoms with E-state index >= 15 is 0 Å². The van der Waals surface area contributed by atoms with E-state index in [1.54, 1.807) is 0 Å². The number of halogens is 6. The zero-order valence-corrected chi connectivity index (χ0v) is 11.0. The van der Waals surface area contributed by atoms with Gasteiger partial charge in [-0.1, -0.05) is 13.3 Å². The quantitative estimate of drug-likeness (QED) is 0.430. The van der Waals surface area contributed by atoms with Crippen LogP contribution in [0.3, 0.4) is 0 Å². The maximum atomic E-state index is 13.3. The average Bonchev–Trinajstić information content (AvgIpc) is 2.55. The Morgan fingerprint density at radius 1 is 1.29 bits per heavy atom. The predicted octanol–water partition coefficient (Wildman–Crippen LogP) is 3.22. The van der Waals surface area contributed by atoms with Crippen LogP contribution in [0.1, 0.15) is 19.8 Å². The maximum absolute atomic E-state index is 13.3. The minimum absolute atomic E-state index is 0.0723. The van der Waals surface area contributed by atoms with Crippen LogP contribution in [0, 0.1) is 0 Å². The third kappa shape index (κ3) is 2.91. The lowest BCUT2D eigenvalue weighted by Crippen LogP contribution is -2.56. The minimum Gasteiger partial charge on any atom is -0.274 e. The van der Waals surface area contributed by atoms with Crippen LogP contribution in [0.5, 0.6) is 0 Å². The molecule has 0 fully saturated rings. The Hall–Kier alpha value is -0.350. The second-order valence-corrected chi connectivity index (χ2v) is 4.70. The minimum atomic E-state index is -5.58. The van der Waals surface area contributed by atoms with Crippen molar-refractivity contribution < 1.29 is 22.0 Å². The Morgan fingerprint density at radius 2 is 1.88 bits per heavy atom. The lowest BCUT2D eigenvalue weighted by molar-refractivity contribution is -0.308. The molecule has 0 radical (unpaired) electrons. The summed E-state index contributed by atoms with van der Waals surface area (Å²) < 4.78 is 64.2. The zero-order chi connectivity index (χ0) is 13.3. The van der Waals surface area contributed by atoms with Crippen molar-refractivity contribution in [3.8, 4) is 0 Å². The van der Waals surface area contributed by atoms with Gasteiger partial charge in [0.2, 0.25) is 6.17 Å². The second-order valence-electron chi connectivity index (χ2n) is 3.59. The van der Waals surface area contributed by atoms with Crippen LogP contribution in [0.2, 0.25) is 0 Å². The van der Waals surface area contributed by atoms with Gasteiger partial charge < -0.3 is 0 Å². The largest absolute Gasteiger partial charge is 0.457 e. The van der Waals surface area contributed by atoms with E-state index in [0.29, 0.717) is 12.8 Å². The van der Waals surface area contributed by atoms with E-state index in [-0.39, 0.29) is 6.54 Å². The lowest BCUT2D eigenvalue weighted by atomic mass is 10.2. The smallest absolute Gasteiger partial charge is 0.274 e. The summed E-state index contributed by atoms with van der Waals surface area (Å²) in [6.07, 6.45) is -5.52. The molecule has 0 aromatic rings. The molecule has 3 nitrogen and oxygen atoms in total. The van der Waals surface area contributed by atoms with Gasteiger partial charge in [-0.2, -0.15) is 27.1 Å². The van der Waals surface area contributed by atoms with Crippen LogP contribution in [0.25, 0.3) is 0 Å². The highest BCUT2D eigenvalue weighted by atomic mass is 127. The molecule has 0 saturated carbocycles. The normalized spacial score (nSPS) is 21.5. The van der Waals surface area contributed by atoms with E-state index in [0.717, 1.165) is 14.5 Å². The molecule has 0 aliphatic carbocycles. The second kappa shape index (κ2) is 5.11. The van der Waals surface area contributed by atoms with Crippen molar-refractivity contribution in [2.45, 2.75) is 38.0 Å². The summed E-state index contributed by atoms with van der Waals surface area (Å²) in [6, 6.07) is 0. The molecule has 0 amide bonds. The van der Waals surface area contributed by atoms with Crippen LogP contribution < -0.4 is 0 Å². The summed E-state index contributed by atoms with van der Waals surface area (Å²) in [5, 5.41) is 4.34. The fourth-order valence-electron chi connectivity index (χ4n) is 1.36. The first kappa shape index (κ1) is 14.7. The molecule has 1 atom stereocenters. The molecule has 0 N–H and O–H groups in total. The van der Waals surface area contributed by atoms with Gasteiger partial charge in [0.15, 0.2) is 0 Å². The van der Waals surface area contributed by atoms with Crippen LogP contribution in [0.15, 0.2) is 5.10 Å². The van der Waals surface area contributed by atoms with E-state index in [4.69, 9.17) is 0 Å². The van der Waals surface area contributed by atoms with E-state index in [1.165, 1.54) is 22.9 Å². The Bertz CT molecular complexity index is 293. The Morgan fingerprint density at radius 3 is 2.35 bits per heavy atom. The first-order chi connectivity index (χ1) is 7.71. The van der Waals surface area contributed by atoms with Gasteiger partial charge >= 0.3 is 12.1 Å². The average molecular weight is 371 g/mol. The number of hydrogen-bond acceptors (Lipinski definition) is 3. The Balaban J connectivity index is 2.86. The molecule has 0 aromatic carbocycles. The molecule has 17 heavy (non-hydrogen) atoms. The summed E-state index contributed by atoms with van der Waals surface area (Å²) in [4.78, 5) is 0. The molecule has 1 heterocycles. The predicted molar refractivity (Wildman–Crippen MR) is 60.8 cm³/mol.